The zero-order valence-corrected chi connectivity index (χ0v) is 17.2. The Morgan fingerprint density at radius 1 is 1.09 bits per heavy atom. The summed E-state index contributed by atoms with van der Waals surface area (Å²) in [5.74, 6) is -0.588. The van der Waals surface area contributed by atoms with E-state index in [0.29, 0.717) is 43.0 Å². The largest absolute Gasteiger partial charge is 0.586 e. The van der Waals surface area contributed by atoms with Crippen LogP contribution >= 0.6 is 0 Å². The third-order valence-corrected chi connectivity index (χ3v) is 5.18. The lowest BCUT2D eigenvalue weighted by Crippen LogP contribution is -2.50. The summed E-state index contributed by atoms with van der Waals surface area (Å²) in [6.45, 7) is 3.02. The first kappa shape index (κ1) is 21.7. The zero-order chi connectivity index (χ0) is 22.9. The average Bonchev–Trinajstić information content (AvgIpc) is 3.10. The number of alkyl halides is 2. The maximum atomic E-state index is 13.1. The van der Waals surface area contributed by atoms with Crippen LogP contribution in [-0.4, -0.2) is 64.2 Å². The van der Waals surface area contributed by atoms with Crippen LogP contribution in [0.1, 0.15) is 34.6 Å². The van der Waals surface area contributed by atoms with Crippen molar-refractivity contribution in [3.8, 4) is 11.5 Å². The normalized spacial score (nSPS) is 18.1. The molecule has 8 nitrogen and oxygen atoms in total. The summed E-state index contributed by atoms with van der Waals surface area (Å²) >= 11 is 0. The van der Waals surface area contributed by atoms with Crippen molar-refractivity contribution in [1.29, 1.82) is 0 Å². The second kappa shape index (κ2) is 8.54. The van der Waals surface area contributed by atoms with Crippen LogP contribution < -0.4 is 9.47 Å². The van der Waals surface area contributed by atoms with Gasteiger partial charge in [0.25, 0.3) is 5.91 Å². The van der Waals surface area contributed by atoms with E-state index in [-0.39, 0.29) is 23.3 Å². The first-order chi connectivity index (χ1) is 15.2. The summed E-state index contributed by atoms with van der Waals surface area (Å²) < 4.78 is 35.0. The van der Waals surface area contributed by atoms with Gasteiger partial charge in [-0.15, -0.1) is 8.78 Å². The Morgan fingerprint density at radius 3 is 2.50 bits per heavy atom. The number of halogens is 2. The number of fused-ring (bicyclic) bond motifs is 1. The summed E-state index contributed by atoms with van der Waals surface area (Å²) in [6.07, 6.45) is -0.118. The Balaban J connectivity index is 1.33. The van der Waals surface area contributed by atoms with Gasteiger partial charge in [-0.05, 0) is 42.8 Å². The minimum Gasteiger partial charge on any atom is -0.395 e. The number of carbonyl (C=O) groups is 2. The summed E-state index contributed by atoms with van der Waals surface area (Å²) in [7, 11) is 0. The van der Waals surface area contributed by atoms with Gasteiger partial charge in [-0.2, -0.15) is 0 Å². The number of piperazine rings is 1. The second-order valence-electron chi connectivity index (χ2n) is 7.47. The van der Waals surface area contributed by atoms with E-state index in [4.69, 9.17) is 0 Å². The molecule has 2 amide bonds. The van der Waals surface area contributed by atoms with Crippen LogP contribution in [0.3, 0.4) is 0 Å². The van der Waals surface area contributed by atoms with Crippen LogP contribution in [0.2, 0.25) is 0 Å². The molecule has 2 aliphatic heterocycles. The molecule has 3 heterocycles. The molecule has 0 bridgehead atoms. The number of hydrogen-bond donors (Lipinski definition) is 1. The number of ether oxygens (including phenoxy) is 2. The fraction of sp³-hybridized carbons (Fsp3) is 0.318. The van der Waals surface area contributed by atoms with E-state index in [1.807, 2.05) is 0 Å². The Morgan fingerprint density at radius 2 is 1.78 bits per heavy atom. The molecule has 2 aliphatic rings. The molecule has 0 aliphatic carbocycles. The van der Waals surface area contributed by atoms with Gasteiger partial charge in [-0.3, -0.25) is 14.6 Å². The van der Waals surface area contributed by atoms with Gasteiger partial charge >= 0.3 is 6.29 Å². The molecule has 1 fully saturated rings. The summed E-state index contributed by atoms with van der Waals surface area (Å²) in [6, 6.07) is 7.42. The van der Waals surface area contributed by atoms with E-state index in [2.05, 4.69) is 14.5 Å². The number of amides is 2. The maximum absolute atomic E-state index is 13.1. The highest BCUT2D eigenvalue weighted by Gasteiger charge is 2.43. The highest BCUT2D eigenvalue weighted by molar-refractivity contribution is 5.95. The maximum Gasteiger partial charge on any atom is 0.586 e. The van der Waals surface area contributed by atoms with Crippen molar-refractivity contribution in [2.75, 3.05) is 26.2 Å². The van der Waals surface area contributed by atoms with Crippen LogP contribution in [0.25, 0.3) is 6.08 Å². The Bertz CT molecular complexity index is 1070. The molecule has 1 saturated heterocycles. The van der Waals surface area contributed by atoms with Crippen LogP contribution in [0.4, 0.5) is 8.78 Å². The van der Waals surface area contributed by atoms with Crippen LogP contribution in [0.5, 0.6) is 11.5 Å². The van der Waals surface area contributed by atoms with Gasteiger partial charge < -0.3 is 24.4 Å². The summed E-state index contributed by atoms with van der Waals surface area (Å²) in [5.41, 5.74) is 1.37. The van der Waals surface area contributed by atoms with Gasteiger partial charge in [0.05, 0.1) is 11.8 Å². The van der Waals surface area contributed by atoms with Crippen LogP contribution in [0.15, 0.2) is 42.6 Å². The molecule has 0 radical (unpaired) electrons. The fourth-order valence-electron chi connectivity index (χ4n) is 3.46. The fourth-order valence-corrected chi connectivity index (χ4v) is 3.46. The predicted octanol–water partition coefficient (Wildman–Crippen LogP) is 2.45. The van der Waals surface area contributed by atoms with Crippen LogP contribution in [0, 0.1) is 0 Å². The minimum atomic E-state index is -3.69. The third-order valence-electron chi connectivity index (χ3n) is 5.18. The number of benzene rings is 1. The average molecular weight is 445 g/mol. The molecule has 4 rings (SSSR count). The van der Waals surface area contributed by atoms with Crippen molar-refractivity contribution >= 4 is 17.9 Å². The van der Waals surface area contributed by atoms with Crippen molar-refractivity contribution in [3.63, 3.8) is 0 Å². The molecule has 2 aromatic rings. The van der Waals surface area contributed by atoms with Crippen molar-refractivity contribution in [2.45, 2.75) is 19.3 Å². The number of aromatic nitrogens is 1. The molecule has 1 aromatic carbocycles. The van der Waals surface area contributed by atoms with E-state index in [9.17, 15) is 23.5 Å². The minimum absolute atomic E-state index is 0.0611. The Labute approximate surface area is 182 Å². The van der Waals surface area contributed by atoms with E-state index >= 15 is 0 Å². The second-order valence-corrected chi connectivity index (χ2v) is 7.47. The number of hydrogen-bond acceptors (Lipinski definition) is 6. The van der Waals surface area contributed by atoms with Gasteiger partial charge in [0.1, 0.15) is 0 Å². The summed E-state index contributed by atoms with van der Waals surface area (Å²) in [5, 5.41) is 9.65. The van der Waals surface area contributed by atoms with Crippen molar-refractivity contribution in [2.24, 2.45) is 0 Å². The molecule has 1 unspecified atom stereocenters. The molecule has 1 atom stereocenters. The van der Waals surface area contributed by atoms with Gasteiger partial charge in [0.15, 0.2) is 11.5 Å². The topological polar surface area (TPSA) is 92.2 Å². The van der Waals surface area contributed by atoms with Gasteiger partial charge in [0, 0.05) is 44.0 Å². The standard InChI is InChI=1S/C22H21F2N3O5/c1-14(28)17-13-16(6-7-25-17)21(30)27-10-8-26(9-11-27)20(29)5-3-15-2-4-18-19(12-15)32-22(23,24)31-18/h2-7,12-14,28H,8-11H2,1H3/b5-3+. The lowest BCUT2D eigenvalue weighted by Gasteiger charge is -2.34. The van der Waals surface area contributed by atoms with Crippen molar-refractivity contribution < 1.29 is 33.0 Å². The Kier molecular flexibility index (Phi) is 5.79. The predicted molar refractivity (Wildman–Crippen MR) is 109 cm³/mol. The molecular formula is C22H21F2N3O5. The molecule has 10 heteroatoms. The lowest BCUT2D eigenvalue weighted by atomic mass is 10.1. The van der Waals surface area contributed by atoms with E-state index in [1.165, 1.54) is 30.5 Å². The van der Waals surface area contributed by atoms with E-state index < -0.39 is 12.4 Å². The van der Waals surface area contributed by atoms with Crippen molar-refractivity contribution in [3.05, 3.63) is 59.4 Å². The number of aliphatic hydroxyl groups excluding tert-OH is 1. The van der Waals surface area contributed by atoms with E-state index in [1.54, 1.807) is 34.9 Å². The van der Waals surface area contributed by atoms with Gasteiger partial charge in [-0.25, -0.2) is 0 Å². The highest BCUT2D eigenvalue weighted by atomic mass is 19.3. The van der Waals surface area contributed by atoms with E-state index in [0.717, 1.165) is 0 Å². The molecule has 1 aromatic heterocycles. The molecule has 168 valence electrons. The van der Waals surface area contributed by atoms with Crippen LogP contribution in [-0.2, 0) is 4.79 Å². The smallest absolute Gasteiger partial charge is 0.395 e. The van der Waals surface area contributed by atoms with Crippen molar-refractivity contribution in [1.82, 2.24) is 14.8 Å². The first-order valence-corrected chi connectivity index (χ1v) is 10.0. The number of carbonyl (C=O) groups excluding carboxylic acids is 2. The third kappa shape index (κ3) is 4.70. The Hall–Kier alpha value is -3.53. The SMILES string of the molecule is CC(O)c1cc(C(=O)N2CCN(C(=O)/C=C/c3ccc4c(c3)OC(F)(F)O4)CC2)ccn1. The quantitative estimate of drug-likeness (QED) is 0.727. The number of nitrogens with zero attached hydrogens (tertiary/aromatic N) is 3. The monoisotopic (exact) mass is 445 g/mol. The highest BCUT2D eigenvalue weighted by Crippen LogP contribution is 2.41. The molecule has 0 saturated carbocycles. The molecular weight excluding hydrogens is 424 g/mol. The van der Waals surface area contributed by atoms with Gasteiger partial charge in [0.2, 0.25) is 5.91 Å². The molecule has 0 spiro atoms. The van der Waals surface area contributed by atoms with Gasteiger partial charge in [-0.1, -0.05) is 6.07 Å². The number of pyridine rings is 1. The number of rotatable bonds is 4. The molecule has 1 N–H and O–H groups in total. The first-order valence-electron chi connectivity index (χ1n) is 10.0. The zero-order valence-electron chi connectivity index (χ0n) is 17.2. The lowest BCUT2D eigenvalue weighted by molar-refractivity contribution is -0.286. The number of aliphatic hydroxyl groups is 1. The summed E-state index contributed by atoms with van der Waals surface area (Å²) in [4.78, 5) is 32.5. The molecule has 32 heavy (non-hydrogen) atoms.